The fourth-order valence-corrected chi connectivity index (χ4v) is 1.60. The van der Waals surface area contributed by atoms with Crippen molar-refractivity contribution in [2.45, 2.75) is 13.0 Å². The second-order valence-corrected chi connectivity index (χ2v) is 4.02. The Hall–Kier alpha value is -1.88. The predicted octanol–water partition coefficient (Wildman–Crippen LogP) is 3.19. The summed E-state index contributed by atoms with van der Waals surface area (Å²) >= 11 is 0. The van der Waals surface area contributed by atoms with Crippen molar-refractivity contribution in [2.24, 2.45) is 5.73 Å². The van der Waals surface area contributed by atoms with Crippen LogP contribution in [0.4, 0.5) is 13.2 Å². The smallest absolute Gasteiger partial charge is 0.195 e. The van der Waals surface area contributed by atoms with Gasteiger partial charge >= 0.3 is 0 Å². The third-order valence-corrected chi connectivity index (χ3v) is 2.63. The molecule has 2 N–H and O–H groups in total. The van der Waals surface area contributed by atoms with Gasteiger partial charge in [-0.15, -0.1) is 0 Å². The molecule has 0 spiro atoms. The van der Waals surface area contributed by atoms with Gasteiger partial charge in [-0.25, -0.2) is 13.2 Å². The van der Waals surface area contributed by atoms with Gasteiger partial charge in [-0.1, -0.05) is 0 Å². The van der Waals surface area contributed by atoms with Crippen molar-refractivity contribution in [3.63, 3.8) is 0 Å². The third-order valence-electron chi connectivity index (χ3n) is 2.63. The highest BCUT2D eigenvalue weighted by molar-refractivity contribution is 5.64. The number of benzene rings is 1. The van der Waals surface area contributed by atoms with Gasteiger partial charge in [-0.3, -0.25) is 4.98 Å². The molecule has 1 atom stereocenters. The van der Waals surface area contributed by atoms with Crippen LogP contribution < -0.4 is 5.73 Å². The van der Waals surface area contributed by atoms with E-state index in [4.69, 9.17) is 5.73 Å². The molecule has 0 radical (unpaired) electrons. The highest BCUT2D eigenvalue weighted by atomic mass is 19.2. The van der Waals surface area contributed by atoms with E-state index in [0.717, 1.165) is 6.07 Å². The van der Waals surface area contributed by atoms with Gasteiger partial charge in [0.2, 0.25) is 0 Å². The van der Waals surface area contributed by atoms with Crippen LogP contribution in [0.2, 0.25) is 0 Å². The van der Waals surface area contributed by atoms with Crippen LogP contribution in [-0.4, -0.2) is 4.98 Å². The number of rotatable bonds is 2. The third kappa shape index (κ3) is 2.22. The first kappa shape index (κ1) is 12.6. The Morgan fingerprint density at radius 3 is 2.50 bits per heavy atom. The maximum atomic E-state index is 13.6. The number of halogens is 3. The summed E-state index contributed by atoms with van der Waals surface area (Å²) in [6.07, 6.45) is 2.92. The lowest BCUT2D eigenvalue weighted by Crippen LogP contribution is -2.05. The SMILES string of the molecule is CC(N)c1cncc(-c2ccc(F)c(F)c2F)c1. The summed E-state index contributed by atoms with van der Waals surface area (Å²) < 4.78 is 39.6. The molecule has 94 valence electrons. The van der Waals surface area contributed by atoms with Gasteiger partial charge in [0, 0.05) is 29.6 Å². The normalized spacial score (nSPS) is 12.5. The van der Waals surface area contributed by atoms with Gasteiger partial charge in [0.15, 0.2) is 17.5 Å². The Bertz CT molecular complexity index is 582. The van der Waals surface area contributed by atoms with Crippen LogP contribution in [-0.2, 0) is 0 Å². The molecule has 18 heavy (non-hydrogen) atoms. The monoisotopic (exact) mass is 252 g/mol. The summed E-state index contributed by atoms with van der Waals surface area (Å²) in [5.74, 6) is -3.93. The summed E-state index contributed by atoms with van der Waals surface area (Å²) in [6, 6.07) is 3.39. The molecule has 1 aromatic heterocycles. The fourth-order valence-electron chi connectivity index (χ4n) is 1.60. The number of nitrogens with two attached hydrogens (primary N) is 1. The lowest BCUT2D eigenvalue weighted by molar-refractivity contribution is 0.449. The second-order valence-electron chi connectivity index (χ2n) is 4.02. The molecular weight excluding hydrogens is 241 g/mol. The van der Waals surface area contributed by atoms with Crippen LogP contribution in [0.25, 0.3) is 11.1 Å². The molecule has 0 aliphatic carbocycles. The Morgan fingerprint density at radius 2 is 1.83 bits per heavy atom. The lowest BCUT2D eigenvalue weighted by atomic mass is 10.0. The molecule has 0 bridgehead atoms. The molecule has 5 heteroatoms. The maximum absolute atomic E-state index is 13.6. The summed E-state index contributed by atoms with van der Waals surface area (Å²) in [4.78, 5) is 3.91. The molecule has 2 aromatic rings. The van der Waals surface area contributed by atoms with Crippen molar-refractivity contribution in [1.82, 2.24) is 4.98 Å². The van der Waals surface area contributed by atoms with Gasteiger partial charge in [0.1, 0.15) is 0 Å². The van der Waals surface area contributed by atoms with Crippen LogP contribution in [0.5, 0.6) is 0 Å². The van der Waals surface area contributed by atoms with Crippen molar-refractivity contribution in [3.05, 3.63) is 53.6 Å². The zero-order chi connectivity index (χ0) is 13.3. The van der Waals surface area contributed by atoms with Gasteiger partial charge in [0.25, 0.3) is 0 Å². The summed E-state index contributed by atoms with van der Waals surface area (Å²) in [7, 11) is 0. The number of hydrogen-bond acceptors (Lipinski definition) is 2. The largest absolute Gasteiger partial charge is 0.324 e. The Morgan fingerprint density at radius 1 is 1.11 bits per heavy atom. The second kappa shape index (κ2) is 4.78. The van der Waals surface area contributed by atoms with E-state index in [-0.39, 0.29) is 11.6 Å². The zero-order valence-corrected chi connectivity index (χ0v) is 9.62. The molecule has 0 aliphatic rings. The molecule has 0 saturated heterocycles. The molecule has 1 aromatic carbocycles. The van der Waals surface area contributed by atoms with Crippen molar-refractivity contribution in [1.29, 1.82) is 0 Å². The molecule has 2 rings (SSSR count). The minimum atomic E-state index is -1.49. The average Bonchev–Trinajstić information content (AvgIpc) is 2.36. The van der Waals surface area contributed by atoms with Crippen molar-refractivity contribution >= 4 is 0 Å². The summed E-state index contributed by atoms with van der Waals surface area (Å²) in [6.45, 7) is 1.75. The van der Waals surface area contributed by atoms with Gasteiger partial charge in [-0.05, 0) is 30.7 Å². The molecular formula is C13H11F3N2. The molecule has 0 aliphatic heterocycles. The standard InChI is InChI=1S/C13H11F3N2/c1-7(17)8-4-9(6-18-5-8)10-2-3-11(14)13(16)12(10)15/h2-7H,17H2,1H3. The van der Waals surface area contributed by atoms with E-state index in [0.29, 0.717) is 11.1 Å². The van der Waals surface area contributed by atoms with E-state index < -0.39 is 17.5 Å². The Labute approximate surface area is 102 Å². The average molecular weight is 252 g/mol. The quantitative estimate of drug-likeness (QED) is 0.834. The fraction of sp³-hybridized carbons (Fsp3) is 0.154. The van der Waals surface area contributed by atoms with Crippen LogP contribution >= 0.6 is 0 Å². The van der Waals surface area contributed by atoms with E-state index in [2.05, 4.69) is 4.98 Å². The molecule has 0 fully saturated rings. The van der Waals surface area contributed by atoms with E-state index in [1.807, 2.05) is 0 Å². The Kier molecular flexibility index (Phi) is 3.34. The van der Waals surface area contributed by atoms with Crippen LogP contribution in [0, 0.1) is 17.5 Å². The number of hydrogen-bond donors (Lipinski definition) is 1. The van der Waals surface area contributed by atoms with Crippen molar-refractivity contribution in [2.75, 3.05) is 0 Å². The van der Waals surface area contributed by atoms with Crippen LogP contribution in [0.1, 0.15) is 18.5 Å². The highest BCUT2D eigenvalue weighted by Gasteiger charge is 2.15. The van der Waals surface area contributed by atoms with Crippen LogP contribution in [0.3, 0.4) is 0 Å². The first-order valence-corrected chi connectivity index (χ1v) is 5.35. The minimum Gasteiger partial charge on any atom is -0.324 e. The summed E-state index contributed by atoms with van der Waals surface area (Å²) in [5, 5.41) is 0. The first-order valence-electron chi connectivity index (χ1n) is 5.35. The van der Waals surface area contributed by atoms with E-state index in [1.54, 1.807) is 19.2 Å². The minimum absolute atomic E-state index is 0.0381. The number of nitrogens with zero attached hydrogens (tertiary/aromatic N) is 1. The first-order chi connectivity index (χ1) is 8.50. The van der Waals surface area contributed by atoms with E-state index >= 15 is 0 Å². The van der Waals surface area contributed by atoms with Gasteiger partial charge < -0.3 is 5.73 Å². The molecule has 2 nitrogen and oxygen atoms in total. The molecule has 1 unspecified atom stereocenters. The zero-order valence-electron chi connectivity index (χ0n) is 9.62. The van der Waals surface area contributed by atoms with E-state index in [9.17, 15) is 13.2 Å². The van der Waals surface area contributed by atoms with Crippen LogP contribution in [0.15, 0.2) is 30.6 Å². The van der Waals surface area contributed by atoms with Crippen molar-refractivity contribution < 1.29 is 13.2 Å². The number of pyridine rings is 1. The maximum Gasteiger partial charge on any atom is 0.195 e. The highest BCUT2D eigenvalue weighted by Crippen LogP contribution is 2.26. The van der Waals surface area contributed by atoms with Gasteiger partial charge in [0.05, 0.1) is 0 Å². The van der Waals surface area contributed by atoms with Crippen molar-refractivity contribution in [3.8, 4) is 11.1 Å². The lowest BCUT2D eigenvalue weighted by Gasteiger charge is -2.09. The number of aromatic nitrogens is 1. The molecule has 1 heterocycles. The predicted molar refractivity (Wildman–Crippen MR) is 62.1 cm³/mol. The molecule has 0 saturated carbocycles. The topological polar surface area (TPSA) is 38.9 Å². The Balaban J connectivity index is 2.55. The molecule has 0 amide bonds. The van der Waals surface area contributed by atoms with Gasteiger partial charge in [-0.2, -0.15) is 0 Å². The summed E-state index contributed by atoms with van der Waals surface area (Å²) in [5.41, 5.74) is 6.70. The van der Waals surface area contributed by atoms with E-state index in [1.165, 1.54) is 12.3 Å².